The highest BCUT2D eigenvalue weighted by atomic mass is 79.9. The van der Waals surface area contributed by atoms with Gasteiger partial charge >= 0.3 is 12.2 Å². The maximum absolute atomic E-state index is 13.5. The van der Waals surface area contributed by atoms with Crippen LogP contribution in [0.3, 0.4) is 0 Å². The minimum absolute atomic E-state index is 0.130. The van der Waals surface area contributed by atoms with Gasteiger partial charge in [0.15, 0.2) is 0 Å². The molecule has 48 heteroatoms. The summed E-state index contributed by atoms with van der Waals surface area (Å²) in [5.74, 6) is 1.61. The highest BCUT2D eigenvalue weighted by Gasteiger charge is 2.51. The molecule has 18 heterocycles. The van der Waals surface area contributed by atoms with Crippen LogP contribution in [0.25, 0.3) is 0 Å². The van der Waals surface area contributed by atoms with E-state index in [1.54, 1.807) is 116 Å². The van der Waals surface area contributed by atoms with E-state index >= 15 is 0 Å². The maximum Gasteiger partial charge on any atom is 0.413 e. The van der Waals surface area contributed by atoms with Crippen molar-refractivity contribution >= 4 is 143 Å². The third-order valence-electron chi connectivity index (χ3n) is 23.8. The van der Waals surface area contributed by atoms with E-state index in [4.69, 9.17) is 32.4 Å². The second-order valence-electron chi connectivity index (χ2n) is 37.8. The number of hydrogen-bond donors (Lipinski definition) is 14. The molecule has 5 saturated heterocycles. The number of hydrogen-bond acceptors (Lipinski definition) is 34. The first-order valence-electron chi connectivity index (χ1n) is 44.9. The van der Waals surface area contributed by atoms with Gasteiger partial charge in [0.2, 0.25) is 0 Å². The third kappa shape index (κ3) is 24.7. The summed E-state index contributed by atoms with van der Waals surface area (Å²) in [6, 6.07) is 14.3. The second-order valence-corrected chi connectivity index (χ2v) is 39.5. The van der Waals surface area contributed by atoms with Crippen LogP contribution in [0.5, 0.6) is 0 Å². The third-order valence-corrected chi connectivity index (χ3v) is 24.9. The summed E-state index contributed by atoms with van der Waals surface area (Å²) in [6.45, 7) is 27.6. The smallest absolute Gasteiger partial charge is 0.413 e. The predicted molar refractivity (Wildman–Crippen MR) is 529 cm³/mol. The van der Waals surface area contributed by atoms with Crippen molar-refractivity contribution < 1.29 is 47.8 Å². The van der Waals surface area contributed by atoms with E-state index in [0.29, 0.717) is 134 Å². The molecule has 9 aliphatic heterocycles. The Bertz CT molecular complexity index is 6440. The number of ether oxygens (including phenoxy) is 2. The van der Waals surface area contributed by atoms with Crippen LogP contribution in [0.15, 0.2) is 113 Å². The lowest BCUT2D eigenvalue weighted by molar-refractivity contribution is -0.121. The number of anilines is 11. The normalized spacial score (nSPS) is 20.2. The second kappa shape index (κ2) is 42.7. The van der Waals surface area contributed by atoms with Gasteiger partial charge in [0.1, 0.15) is 157 Å². The first-order valence-corrected chi connectivity index (χ1v) is 46.5. The molecule has 5 fully saturated rings. The van der Waals surface area contributed by atoms with Gasteiger partial charge in [-0.05, 0) is 292 Å². The molecular formula is C91H119Br2N31O15. The number of H-pyrrole nitrogens is 1. The molecule has 139 heavy (non-hydrogen) atoms. The molecule has 742 valence electrons. The molecule has 46 nitrogen and oxygen atoms in total. The molecule has 9 aromatic heterocycles. The van der Waals surface area contributed by atoms with Crippen LogP contribution in [0.2, 0.25) is 0 Å². The summed E-state index contributed by atoms with van der Waals surface area (Å²) in [4.78, 5) is 203. The standard InChI is InChI=1S/C22H29N7O4.2C17H21N7O2.C13H16BrN3O2.C9H14N4O2.C7H7BrN2O2.C6H11NO/c1-13-9-14(25-15-10-16(24-12-23-15)26-20(32)33-21(2,3)4)19(31)29-17(13)18(30)27-22(29)7-6-8-28(5)11-22;2*1-10-6-11(21-13-7-12(18)19-9-20-13)16(26)24-14(10)15(25)22-17(24)4-3-5-23(2)8-17;1-8-6-9(14)12(19)17-10(8)11(18)15-13(17)4-3-5-16(2)7-13;1-9(2,3)15-8(14)13-7-4-6(10)11-5-12-7;1-3-2-4(8)7(12)10-5(3)6(9)11;1-7-4-2-3-6(8)5-7/h9-10,12H,6-8,11H2,1-5H3,(H,27,30)(H2,23,24,25,26,32);2*6-7,9H,3-5,8H2,1-2H3,(H,22,25)(H3,18,19,20,21);6H,3-5,7H2,1-2H3,(H,15,18);4-5H,1-3H3,(H3,10,11,12,13,14);2H,1H3,(H2,9,11)(H,10,12);2-5H2,1H3. The SMILES string of the molecule is CC(C)(C)OC(=O)Nc1cc(N)ncn1.CN1CCCC(=O)C1.Cc1cc(Br)c(=O)[nH]c1C(N)=O.Cc1cc(Br)c(=O)n2c1C(=O)NC21CCCN(C)C1.Cc1cc(Nc2cc(N)ncn2)c(=O)n2c1C(=O)NC21CCCN(C)C1.Cc1cc(Nc2cc(N)ncn2)c(=O)n2c1C(=O)NC21CCCN(C)C1.Cc1cc(Nc2cc(NC(=O)OC(C)(C)C)ncn2)c(=O)n2c1C(=O)NC21CCCN(C)C1. The average Bonchev–Trinajstić information content (AvgIpc) is 1.62. The number of fused-ring (bicyclic) bond motifs is 8. The van der Waals surface area contributed by atoms with Gasteiger partial charge in [-0.3, -0.25) is 86.5 Å². The van der Waals surface area contributed by atoms with Crippen molar-refractivity contribution in [2.75, 3.05) is 144 Å². The Morgan fingerprint density at radius 1 is 0.388 bits per heavy atom. The predicted octanol–water partition coefficient (Wildman–Crippen LogP) is 6.22. The number of aromatic nitrogens is 13. The number of carbonyl (C=O) groups is 8. The Kier molecular flexibility index (Phi) is 31.9. The van der Waals surface area contributed by atoms with E-state index in [1.165, 1.54) is 37.4 Å². The van der Waals surface area contributed by atoms with E-state index in [-0.39, 0.29) is 74.4 Å². The number of primary amides is 1. The summed E-state index contributed by atoms with van der Waals surface area (Å²) in [6.07, 6.45) is 12.4. The van der Waals surface area contributed by atoms with Gasteiger partial charge < -0.3 is 94.2 Å². The van der Waals surface area contributed by atoms with Crippen molar-refractivity contribution in [3.8, 4) is 0 Å². The minimum atomic E-state index is -0.770. The van der Waals surface area contributed by atoms with Crippen molar-refractivity contribution in [3.05, 3.63) is 197 Å². The quantitative estimate of drug-likeness (QED) is 0.0762. The van der Waals surface area contributed by atoms with E-state index in [2.05, 4.69) is 149 Å². The summed E-state index contributed by atoms with van der Waals surface area (Å²) in [5, 5.41) is 26.3. The zero-order valence-corrected chi connectivity index (χ0v) is 83.6. The molecular weight excluding hydrogens is 1930 g/mol. The number of aryl methyl sites for hydroxylation is 5. The Morgan fingerprint density at radius 2 is 0.683 bits per heavy atom. The zero-order valence-electron chi connectivity index (χ0n) is 80.4. The van der Waals surface area contributed by atoms with E-state index in [0.717, 1.165) is 107 Å². The van der Waals surface area contributed by atoms with Crippen molar-refractivity contribution in [1.29, 1.82) is 0 Å². The molecule has 0 aliphatic carbocycles. The van der Waals surface area contributed by atoms with Gasteiger partial charge in [-0.25, -0.2) is 49.5 Å². The van der Waals surface area contributed by atoms with Crippen molar-refractivity contribution in [2.45, 2.75) is 174 Å². The maximum atomic E-state index is 13.5. The Hall–Kier alpha value is -13.8. The Morgan fingerprint density at radius 3 is 0.993 bits per heavy atom. The monoisotopic (exact) mass is 2040 g/mol. The number of amides is 7. The molecule has 4 unspecified atom stereocenters. The van der Waals surface area contributed by atoms with Gasteiger partial charge in [0.05, 0.1) is 15.5 Å². The number of aromatic amines is 1. The lowest BCUT2D eigenvalue weighted by atomic mass is 9.98. The van der Waals surface area contributed by atoms with Crippen molar-refractivity contribution in [2.24, 2.45) is 5.73 Å². The molecule has 0 radical (unpaired) electrons. The van der Waals surface area contributed by atoms with Crippen LogP contribution in [0.4, 0.5) is 73.2 Å². The molecule has 4 atom stereocenters. The molecule has 0 bridgehead atoms. The van der Waals surface area contributed by atoms with Gasteiger partial charge in [0, 0.05) is 56.9 Å². The van der Waals surface area contributed by atoms with Gasteiger partial charge in [-0.2, -0.15) is 0 Å². The summed E-state index contributed by atoms with van der Waals surface area (Å²) < 4.78 is 17.7. The number of pyridine rings is 5. The van der Waals surface area contributed by atoms with Crippen LogP contribution in [0, 0.1) is 34.6 Å². The summed E-state index contributed by atoms with van der Waals surface area (Å²) in [5.41, 5.74) is 23.1. The molecule has 0 saturated carbocycles. The number of likely N-dealkylation sites (tertiary alicyclic amines) is 5. The largest absolute Gasteiger partial charge is 0.444 e. The van der Waals surface area contributed by atoms with Gasteiger partial charge in [0.25, 0.3) is 57.3 Å². The van der Waals surface area contributed by atoms with Crippen LogP contribution < -0.4 is 98.6 Å². The van der Waals surface area contributed by atoms with E-state index in [1.807, 2.05) is 56.0 Å². The fourth-order valence-corrected chi connectivity index (χ4v) is 19.3. The molecule has 18 rings (SSSR count). The number of likely N-dealkylation sites (N-methyl/N-ethyl adjacent to an activating group) is 5. The molecule has 0 aromatic carbocycles. The van der Waals surface area contributed by atoms with E-state index in [9.17, 15) is 62.3 Å². The molecule has 9 aliphatic rings. The van der Waals surface area contributed by atoms with Crippen LogP contribution in [0.1, 0.15) is 186 Å². The molecule has 9 aromatic rings. The Balaban J connectivity index is 0.000000151. The average molecular weight is 2050 g/mol. The number of rotatable bonds is 9. The van der Waals surface area contributed by atoms with Crippen LogP contribution in [-0.2, 0) is 36.9 Å². The lowest BCUT2D eigenvalue weighted by Crippen LogP contribution is -2.57. The minimum Gasteiger partial charge on any atom is -0.444 e. The van der Waals surface area contributed by atoms with Gasteiger partial charge in [-0.15, -0.1) is 0 Å². The fraction of sp³-hybridized carbons (Fsp3) is 0.462. The number of carbonyl (C=O) groups excluding carboxylic acids is 8. The number of halogens is 2. The number of Topliss-reactive ketones (excluding diaryl/α,β-unsaturated/α-hetero) is 1. The number of nitrogens with one attached hydrogen (secondary N) is 10. The van der Waals surface area contributed by atoms with Crippen LogP contribution in [-0.4, -0.2) is 247 Å². The number of nitrogens with zero attached hydrogens (tertiary/aromatic N) is 17. The topological polar surface area (TPSA) is 608 Å². The molecule has 7 amide bonds. The summed E-state index contributed by atoms with van der Waals surface area (Å²) >= 11 is 6.33. The number of nitrogens with two attached hydrogens (primary N) is 4. The first-order chi connectivity index (χ1) is 65.4. The first kappa shape index (κ1) is 104. The van der Waals surface area contributed by atoms with E-state index < -0.39 is 51.9 Å². The van der Waals surface area contributed by atoms with Crippen molar-refractivity contribution in [1.82, 2.24) is 109 Å². The van der Waals surface area contributed by atoms with Gasteiger partial charge in [-0.1, -0.05) is 0 Å². The molecule has 4 spiro atoms. The Labute approximate surface area is 816 Å². The van der Waals surface area contributed by atoms with Crippen molar-refractivity contribution in [3.63, 3.8) is 0 Å². The zero-order chi connectivity index (χ0) is 101. The number of nitrogen functional groups attached to an aromatic ring is 3. The fourth-order valence-electron chi connectivity index (χ4n) is 18.3. The lowest BCUT2D eigenvalue weighted by Gasteiger charge is -2.39. The van der Waals surface area contributed by atoms with Crippen LogP contribution >= 0.6 is 31.9 Å². The molecule has 18 N–H and O–H groups in total. The highest BCUT2D eigenvalue weighted by Crippen LogP contribution is 2.38. The summed E-state index contributed by atoms with van der Waals surface area (Å²) in [7, 11) is 9.96. The number of piperidine rings is 5. The highest BCUT2D eigenvalue weighted by molar-refractivity contribution is 9.10. The number of ketones is 1.